The normalized spacial score (nSPS) is 21.1. The van der Waals surface area contributed by atoms with Gasteiger partial charge in [-0.15, -0.1) is 0 Å². The zero-order valence-corrected chi connectivity index (χ0v) is 12.6. The lowest BCUT2D eigenvalue weighted by Crippen LogP contribution is -2.37. The van der Waals surface area contributed by atoms with Gasteiger partial charge in [-0.05, 0) is 55.7 Å². The Bertz CT molecular complexity index is 419. The first-order chi connectivity index (χ1) is 8.89. The van der Waals surface area contributed by atoms with E-state index >= 15 is 0 Å². The summed E-state index contributed by atoms with van der Waals surface area (Å²) in [6, 6.07) is 4.46. The zero-order valence-electron chi connectivity index (χ0n) is 12.6. The molecule has 3 nitrogen and oxygen atoms in total. The average molecular weight is 262 g/mol. The molecule has 0 aromatic carbocycles. The van der Waals surface area contributed by atoms with E-state index in [0.29, 0.717) is 11.5 Å². The van der Waals surface area contributed by atoms with Crippen molar-refractivity contribution >= 4 is 5.82 Å². The zero-order chi connectivity index (χ0) is 14.0. The predicted molar refractivity (Wildman–Crippen MR) is 79.3 cm³/mol. The van der Waals surface area contributed by atoms with Crippen molar-refractivity contribution in [3.8, 4) is 0 Å². The van der Waals surface area contributed by atoms with Crippen molar-refractivity contribution in [3.63, 3.8) is 0 Å². The van der Waals surface area contributed by atoms with Crippen LogP contribution in [0.15, 0.2) is 18.3 Å². The smallest absolute Gasteiger partial charge is 0.128 e. The van der Waals surface area contributed by atoms with Crippen LogP contribution in [0.1, 0.15) is 58.1 Å². The van der Waals surface area contributed by atoms with Gasteiger partial charge in [-0.3, -0.25) is 0 Å². The number of anilines is 1. The molecule has 1 aliphatic carbocycles. The Hall–Kier alpha value is -1.09. The van der Waals surface area contributed by atoms with E-state index in [0.717, 1.165) is 11.4 Å². The summed E-state index contributed by atoms with van der Waals surface area (Å²) in [6.07, 6.45) is 6.37. The minimum Gasteiger partial charge on any atom is -0.389 e. The molecule has 0 aliphatic heterocycles. The molecule has 1 atom stereocenters. The minimum absolute atomic E-state index is 0.430. The third-order valence-electron chi connectivity index (χ3n) is 4.47. The van der Waals surface area contributed by atoms with E-state index in [-0.39, 0.29) is 0 Å². The second kappa shape index (κ2) is 5.49. The van der Waals surface area contributed by atoms with E-state index in [1.807, 2.05) is 12.1 Å². The van der Waals surface area contributed by atoms with E-state index in [2.05, 4.69) is 30.8 Å². The van der Waals surface area contributed by atoms with Crippen LogP contribution in [0.3, 0.4) is 0 Å². The lowest BCUT2D eigenvalue weighted by Gasteiger charge is -2.39. The SMILES string of the molecule is C[C@@H](O)c1ccnc(N(C)C2CCC(C)(C)CC2)c1. The van der Waals surface area contributed by atoms with Gasteiger partial charge in [0.25, 0.3) is 0 Å². The summed E-state index contributed by atoms with van der Waals surface area (Å²) in [5, 5.41) is 9.66. The third kappa shape index (κ3) is 3.47. The van der Waals surface area contributed by atoms with E-state index in [9.17, 15) is 5.11 Å². The second-order valence-electron chi connectivity index (χ2n) is 6.63. The number of aliphatic hydroxyl groups excluding tert-OH is 1. The van der Waals surface area contributed by atoms with Crippen LogP contribution in [0, 0.1) is 5.41 Å². The van der Waals surface area contributed by atoms with Crippen LogP contribution in [-0.4, -0.2) is 23.2 Å². The molecule has 3 heteroatoms. The first-order valence-corrected chi connectivity index (χ1v) is 7.26. The van der Waals surface area contributed by atoms with Gasteiger partial charge in [-0.25, -0.2) is 4.98 Å². The van der Waals surface area contributed by atoms with Gasteiger partial charge < -0.3 is 10.0 Å². The first kappa shape index (κ1) is 14.3. The number of rotatable bonds is 3. The van der Waals surface area contributed by atoms with Gasteiger partial charge in [0, 0.05) is 19.3 Å². The minimum atomic E-state index is -0.430. The molecule has 1 N–H and O–H groups in total. The molecule has 0 radical (unpaired) electrons. The topological polar surface area (TPSA) is 36.4 Å². The highest BCUT2D eigenvalue weighted by atomic mass is 16.3. The summed E-state index contributed by atoms with van der Waals surface area (Å²) in [5.41, 5.74) is 1.43. The molecule has 19 heavy (non-hydrogen) atoms. The summed E-state index contributed by atoms with van der Waals surface area (Å²) < 4.78 is 0. The summed E-state index contributed by atoms with van der Waals surface area (Å²) in [5.74, 6) is 0.975. The molecule has 0 saturated heterocycles. The highest BCUT2D eigenvalue weighted by Crippen LogP contribution is 2.37. The number of pyridine rings is 1. The molecule has 0 bridgehead atoms. The van der Waals surface area contributed by atoms with Crippen LogP contribution >= 0.6 is 0 Å². The van der Waals surface area contributed by atoms with Gasteiger partial charge in [0.15, 0.2) is 0 Å². The predicted octanol–water partition coefficient (Wildman–Crippen LogP) is 3.54. The maximum absolute atomic E-state index is 9.66. The molecule has 1 heterocycles. The van der Waals surface area contributed by atoms with Crippen LogP contribution in [0.5, 0.6) is 0 Å². The van der Waals surface area contributed by atoms with Crippen molar-refractivity contribution in [2.75, 3.05) is 11.9 Å². The first-order valence-electron chi connectivity index (χ1n) is 7.26. The fourth-order valence-electron chi connectivity index (χ4n) is 2.85. The summed E-state index contributed by atoms with van der Waals surface area (Å²) in [7, 11) is 2.12. The quantitative estimate of drug-likeness (QED) is 0.905. The molecule has 1 fully saturated rings. The van der Waals surface area contributed by atoms with Crippen molar-refractivity contribution in [2.24, 2.45) is 5.41 Å². The van der Waals surface area contributed by atoms with Gasteiger partial charge >= 0.3 is 0 Å². The molecule has 1 aromatic rings. The van der Waals surface area contributed by atoms with Crippen molar-refractivity contribution in [1.29, 1.82) is 0 Å². The molecule has 0 amide bonds. The number of nitrogens with zero attached hydrogens (tertiary/aromatic N) is 2. The Balaban J connectivity index is 2.07. The molecule has 1 saturated carbocycles. The largest absolute Gasteiger partial charge is 0.389 e. The van der Waals surface area contributed by atoms with Gasteiger partial charge in [-0.1, -0.05) is 13.8 Å². The molecule has 1 aliphatic rings. The third-order valence-corrected chi connectivity index (χ3v) is 4.47. The molecular formula is C16H26N2O. The number of hydrogen-bond acceptors (Lipinski definition) is 3. The van der Waals surface area contributed by atoms with Gasteiger partial charge in [0.05, 0.1) is 6.10 Å². The number of aromatic nitrogens is 1. The number of aliphatic hydroxyl groups is 1. The standard InChI is InChI=1S/C16H26N2O/c1-12(19)13-7-10-17-15(11-13)18(4)14-5-8-16(2,3)9-6-14/h7,10-12,14,19H,5-6,8-9H2,1-4H3/t12-/m1/s1. The Kier molecular flexibility index (Phi) is 4.14. The van der Waals surface area contributed by atoms with Gasteiger partial charge in [0.1, 0.15) is 5.82 Å². The van der Waals surface area contributed by atoms with Gasteiger partial charge in [-0.2, -0.15) is 0 Å². The van der Waals surface area contributed by atoms with Crippen molar-refractivity contribution in [3.05, 3.63) is 23.9 Å². The lowest BCUT2D eigenvalue weighted by molar-refractivity contribution is 0.199. The fraction of sp³-hybridized carbons (Fsp3) is 0.688. The summed E-state index contributed by atoms with van der Waals surface area (Å²) in [4.78, 5) is 6.73. The Morgan fingerprint density at radius 2 is 2.00 bits per heavy atom. The summed E-state index contributed by atoms with van der Waals surface area (Å²) >= 11 is 0. The van der Waals surface area contributed by atoms with Crippen LogP contribution in [0.4, 0.5) is 5.82 Å². The Morgan fingerprint density at radius 1 is 1.37 bits per heavy atom. The highest BCUT2D eigenvalue weighted by Gasteiger charge is 2.29. The Labute approximate surface area is 116 Å². The van der Waals surface area contributed by atoms with Crippen molar-refractivity contribution in [1.82, 2.24) is 4.98 Å². The molecule has 1 aromatic heterocycles. The van der Waals surface area contributed by atoms with Crippen LogP contribution in [0.25, 0.3) is 0 Å². The maximum Gasteiger partial charge on any atom is 0.128 e. The number of hydrogen-bond donors (Lipinski definition) is 1. The molecular weight excluding hydrogens is 236 g/mol. The Morgan fingerprint density at radius 3 is 2.58 bits per heavy atom. The maximum atomic E-state index is 9.66. The summed E-state index contributed by atoms with van der Waals surface area (Å²) in [6.45, 7) is 6.51. The average Bonchev–Trinajstić information content (AvgIpc) is 2.38. The van der Waals surface area contributed by atoms with E-state index in [1.165, 1.54) is 25.7 Å². The van der Waals surface area contributed by atoms with Crippen LogP contribution < -0.4 is 4.90 Å². The highest BCUT2D eigenvalue weighted by molar-refractivity contribution is 5.41. The molecule has 0 spiro atoms. The molecule has 106 valence electrons. The van der Waals surface area contributed by atoms with E-state index in [1.54, 1.807) is 13.1 Å². The van der Waals surface area contributed by atoms with Gasteiger partial charge in [0.2, 0.25) is 0 Å². The second-order valence-corrected chi connectivity index (χ2v) is 6.63. The van der Waals surface area contributed by atoms with Crippen LogP contribution in [0.2, 0.25) is 0 Å². The van der Waals surface area contributed by atoms with E-state index in [4.69, 9.17) is 0 Å². The lowest BCUT2D eigenvalue weighted by atomic mass is 9.75. The molecule has 0 unspecified atom stereocenters. The fourth-order valence-corrected chi connectivity index (χ4v) is 2.85. The van der Waals surface area contributed by atoms with Crippen molar-refractivity contribution < 1.29 is 5.11 Å². The molecule has 2 rings (SSSR count). The monoisotopic (exact) mass is 262 g/mol. The van der Waals surface area contributed by atoms with Crippen LogP contribution in [-0.2, 0) is 0 Å². The van der Waals surface area contributed by atoms with E-state index < -0.39 is 6.10 Å². The van der Waals surface area contributed by atoms with Crippen molar-refractivity contribution in [2.45, 2.75) is 58.6 Å².